The first-order valence-electron chi connectivity index (χ1n) is 7.69. The Kier molecular flexibility index (Phi) is 6.22. The van der Waals surface area contributed by atoms with Gasteiger partial charge in [-0.05, 0) is 40.0 Å². The van der Waals surface area contributed by atoms with Gasteiger partial charge in [-0.25, -0.2) is 0 Å². The normalized spacial score (nSPS) is 15.0. The molecule has 4 heteroatoms. The van der Waals surface area contributed by atoms with Crippen LogP contribution in [0.2, 0.25) is 0 Å². The molecule has 1 aromatic carbocycles. The summed E-state index contributed by atoms with van der Waals surface area (Å²) in [7, 11) is -1.64. The lowest BCUT2D eigenvalue weighted by Gasteiger charge is -2.24. The molecule has 0 amide bonds. The molecule has 120 valence electrons. The topological polar surface area (TPSA) is 52.3 Å². The predicted octanol–water partition coefficient (Wildman–Crippen LogP) is 5.36. The van der Waals surface area contributed by atoms with Crippen molar-refractivity contribution in [2.45, 2.75) is 65.5 Å². The standard InChI is InChI=1S/C17H30NO2P/c1-11(2)14-8-15(12(3)4)17(10-21(18,19)20-7)16(9-14)13(5)6/h8-9,11-13H,10H2,1-7H3,(H2,18,19). The summed E-state index contributed by atoms with van der Waals surface area (Å²) in [6.07, 6.45) is 0.308. The lowest BCUT2D eigenvalue weighted by Crippen LogP contribution is -2.09. The van der Waals surface area contributed by atoms with Crippen LogP contribution in [-0.4, -0.2) is 7.11 Å². The third kappa shape index (κ3) is 4.67. The molecule has 0 bridgehead atoms. The second-order valence-corrected chi connectivity index (χ2v) is 8.84. The van der Waals surface area contributed by atoms with Gasteiger partial charge in [-0.1, -0.05) is 53.7 Å². The van der Waals surface area contributed by atoms with Gasteiger partial charge < -0.3 is 4.52 Å². The van der Waals surface area contributed by atoms with Crippen LogP contribution in [0.3, 0.4) is 0 Å². The van der Waals surface area contributed by atoms with Gasteiger partial charge in [0.05, 0.1) is 6.16 Å². The predicted molar refractivity (Wildman–Crippen MR) is 91.2 cm³/mol. The highest BCUT2D eigenvalue weighted by Gasteiger charge is 2.23. The molecule has 1 rings (SSSR count). The summed E-state index contributed by atoms with van der Waals surface area (Å²) in [6, 6.07) is 4.48. The molecular formula is C17H30NO2P. The summed E-state index contributed by atoms with van der Waals surface area (Å²) in [5.41, 5.74) is 10.7. The van der Waals surface area contributed by atoms with Crippen LogP contribution >= 0.6 is 7.52 Å². The van der Waals surface area contributed by atoms with E-state index in [-0.39, 0.29) is 0 Å². The van der Waals surface area contributed by atoms with Gasteiger partial charge >= 0.3 is 0 Å². The molecule has 1 atom stereocenters. The molecule has 1 unspecified atom stereocenters. The largest absolute Gasteiger partial charge is 0.321 e. The first-order chi connectivity index (χ1) is 9.59. The summed E-state index contributed by atoms with van der Waals surface area (Å²) in [6.45, 7) is 13.1. The zero-order chi connectivity index (χ0) is 16.4. The number of nitrogens with two attached hydrogens (primary N) is 1. The summed E-state index contributed by atoms with van der Waals surface area (Å²) in [5.74, 6) is 1.21. The Morgan fingerprint density at radius 1 is 1.00 bits per heavy atom. The van der Waals surface area contributed by atoms with Gasteiger partial charge in [0, 0.05) is 7.11 Å². The molecule has 3 nitrogen and oxygen atoms in total. The van der Waals surface area contributed by atoms with E-state index in [2.05, 4.69) is 53.7 Å². The first kappa shape index (κ1) is 18.4. The van der Waals surface area contributed by atoms with Gasteiger partial charge in [0.15, 0.2) is 0 Å². The minimum atomic E-state index is -3.07. The Morgan fingerprint density at radius 3 is 1.71 bits per heavy atom. The number of hydrogen-bond acceptors (Lipinski definition) is 2. The molecule has 0 saturated heterocycles. The number of hydrogen-bond donors (Lipinski definition) is 1. The molecule has 0 aliphatic rings. The van der Waals surface area contributed by atoms with E-state index in [9.17, 15) is 4.57 Å². The van der Waals surface area contributed by atoms with Crippen LogP contribution in [0.4, 0.5) is 0 Å². The lowest BCUT2D eigenvalue weighted by molar-refractivity contribution is 0.393. The SMILES string of the molecule is COP(N)(=O)Cc1c(C(C)C)cc(C(C)C)cc1C(C)C. The van der Waals surface area contributed by atoms with Gasteiger partial charge in [-0.3, -0.25) is 10.1 Å². The molecule has 0 heterocycles. The Morgan fingerprint density at radius 2 is 1.43 bits per heavy atom. The Hall–Kier alpha value is -0.630. The van der Waals surface area contributed by atoms with Crippen molar-refractivity contribution in [2.75, 3.05) is 7.11 Å². The van der Waals surface area contributed by atoms with Crippen molar-refractivity contribution in [3.05, 3.63) is 34.4 Å². The monoisotopic (exact) mass is 311 g/mol. The van der Waals surface area contributed by atoms with E-state index in [1.165, 1.54) is 23.8 Å². The molecular weight excluding hydrogens is 281 g/mol. The van der Waals surface area contributed by atoms with Crippen molar-refractivity contribution in [2.24, 2.45) is 5.50 Å². The maximum Gasteiger partial charge on any atom is 0.271 e. The zero-order valence-corrected chi connectivity index (χ0v) is 15.3. The van der Waals surface area contributed by atoms with E-state index in [1.807, 2.05) is 0 Å². The highest BCUT2D eigenvalue weighted by atomic mass is 31.2. The lowest BCUT2D eigenvalue weighted by atomic mass is 9.85. The molecule has 0 fully saturated rings. The van der Waals surface area contributed by atoms with E-state index in [0.29, 0.717) is 23.9 Å². The fourth-order valence-corrected chi connectivity index (χ4v) is 3.51. The number of benzene rings is 1. The molecule has 2 N–H and O–H groups in total. The maximum absolute atomic E-state index is 12.3. The molecule has 0 saturated carbocycles. The van der Waals surface area contributed by atoms with Crippen molar-refractivity contribution < 1.29 is 9.09 Å². The summed E-state index contributed by atoms with van der Waals surface area (Å²) in [4.78, 5) is 0. The molecule has 0 spiro atoms. The fraction of sp³-hybridized carbons (Fsp3) is 0.647. The van der Waals surface area contributed by atoms with Gasteiger partial charge in [0.2, 0.25) is 0 Å². The Bertz CT molecular complexity index is 507. The molecule has 0 radical (unpaired) electrons. The fourth-order valence-electron chi connectivity index (χ4n) is 2.57. The second kappa shape index (κ2) is 7.09. The molecule has 0 aromatic heterocycles. The Labute approximate surface area is 129 Å². The minimum Gasteiger partial charge on any atom is -0.321 e. The molecule has 1 aromatic rings. The van der Waals surface area contributed by atoms with E-state index < -0.39 is 7.52 Å². The molecule has 21 heavy (non-hydrogen) atoms. The van der Waals surface area contributed by atoms with Crippen molar-refractivity contribution in [3.63, 3.8) is 0 Å². The van der Waals surface area contributed by atoms with Crippen LogP contribution in [0.25, 0.3) is 0 Å². The first-order valence-corrected chi connectivity index (χ1v) is 9.57. The van der Waals surface area contributed by atoms with Gasteiger partial charge in [0.1, 0.15) is 0 Å². The van der Waals surface area contributed by atoms with Crippen LogP contribution < -0.4 is 5.50 Å². The van der Waals surface area contributed by atoms with Gasteiger partial charge in [0.25, 0.3) is 7.52 Å². The smallest absolute Gasteiger partial charge is 0.271 e. The van der Waals surface area contributed by atoms with Crippen molar-refractivity contribution >= 4 is 7.52 Å². The highest BCUT2D eigenvalue weighted by Crippen LogP contribution is 2.45. The van der Waals surface area contributed by atoms with Crippen molar-refractivity contribution in [1.29, 1.82) is 0 Å². The molecule has 0 aliphatic carbocycles. The average Bonchev–Trinajstić information content (AvgIpc) is 2.37. The molecule has 0 aliphatic heterocycles. The van der Waals surface area contributed by atoms with Crippen LogP contribution in [0.1, 0.15) is 81.5 Å². The average molecular weight is 311 g/mol. The van der Waals surface area contributed by atoms with Gasteiger partial charge in [-0.15, -0.1) is 0 Å². The van der Waals surface area contributed by atoms with Gasteiger partial charge in [-0.2, -0.15) is 0 Å². The second-order valence-electron chi connectivity index (χ2n) is 6.71. The maximum atomic E-state index is 12.3. The highest BCUT2D eigenvalue weighted by molar-refractivity contribution is 7.55. The van der Waals surface area contributed by atoms with Crippen molar-refractivity contribution in [3.8, 4) is 0 Å². The van der Waals surface area contributed by atoms with E-state index in [1.54, 1.807) is 0 Å². The van der Waals surface area contributed by atoms with Crippen molar-refractivity contribution in [1.82, 2.24) is 0 Å². The van der Waals surface area contributed by atoms with E-state index in [4.69, 9.17) is 10.0 Å². The zero-order valence-electron chi connectivity index (χ0n) is 14.4. The number of rotatable bonds is 6. The van der Waals surface area contributed by atoms with Crippen LogP contribution in [0.15, 0.2) is 12.1 Å². The van der Waals surface area contributed by atoms with E-state index >= 15 is 0 Å². The third-order valence-corrected chi connectivity index (χ3v) is 5.31. The van der Waals surface area contributed by atoms with Crippen LogP contribution in [0.5, 0.6) is 0 Å². The Balaban J connectivity index is 3.53. The summed E-state index contributed by atoms with van der Waals surface area (Å²) >= 11 is 0. The summed E-state index contributed by atoms with van der Waals surface area (Å²) < 4.78 is 17.3. The van der Waals surface area contributed by atoms with Crippen LogP contribution in [0, 0.1) is 0 Å². The van der Waals surface area contributed by atoms with Crippen LogP contribution in [-0.2, 0) is 15.3 Å². The quantitative estimate of drug-likeness (QED) is 0.720. The minimum absolute atomic E-state index is 0.308. The van der Waals surface area contributed by atoms with E-state index in [0.717, 1.165) is 5.56 Å². The summed E-state index contributed by atoms with van der Waals surface area (Å²) in [5, 5.41) is 0. The third-order valence-electron chi connectivity index (χ3n) is 3.94.